The number of carbonyl (C=O) groups excluding carboxylic acids is 1. The highest BCUT2D eigenvalue weighted by Gasteiger charge is 2.38. The lowest BCUT2D eigenvalue weighted by Crippen LogP contribution is -2.27. The molecule has 0 fully saturated rings. The predicted molar refractivity (Wildman–Crippen MR) is 138 cm³/mol. The van der Waals surface area contributed by atoms with Gasteiger partial charge in [-0.15, -0.1) is 0 Å². The molecule has 0 spiro atoms. The fraction of sp³-hybridized carbons (Fsp3) is 0.107. The van der Waals surface area contributed by atoms with E-state index in [1.807, 2.05) is 28.4 Å². The van der Waals surface area contributed by atoms with E-state index < -0.39 is 16.6 Å². The van der Waals surface area contributed by atoms with Gasteiger partial charge in [0.05, 0.1) is 5.69 Å². The maximum Gasteiger partial charge on any atom is 0.328 e. The minimum absolute atomic E-state index is 0.353. The lowest BCUT2D eigenvalue weighted by Gasteiger charge is -2.35. The Morgan fingerprint density at radius 3 is 1.86 bits per heavy atom. The predicted octanol–water partition coefficient (Wildman–Crippen LogP) is 4.67. The maximum atomic E-state index is 11.7. The summed E-state index contributed by atoms with van der Waals surface area (Å²) in [5.74, 6) is -1.60. The van der Waals surface area contributed by atoms with Gasteiger partial charge in [-0.25, -0.2) is 9.78 Å². The number of aromatic nitrogens is 2. The molecule has 1 amide bonds. The largest absolute Gasteiger partial charge is 0.478 e. The molecule has 0 bridgehead atoms. The van der Waals surface area contributed by atoms with Gasteiger partial charge in [0.1, 0.15) is 11.1 Å². The van der Waals surface area contributed by atoms with Crippen molar-refractivity contribution >= 4 is 23.8 Å². The molecule has 4 aromatic rings. The molecular weight excluding hydrogens is 458 g/mol. The van der Waals surface area contributed by atoms with Crippen LogP contribution in [0.3, 0.4) is 0 Å². The van der Waals surface area contributed by atoms with Crippen LogP contribution in [0.4, 0.5) is 0 Å². The van der Waals surface area contributed by atoms with Crippen LogP contribution < -0.4 is 5.32 Å². The summed E-state index contributed by atoms with van der Waals surface area (Å²) in [6, 6.07) is 31.2. The molecule has 0 aliphatic carbocycles. The molecule has 0 radical (unpaired) electrons. The number of rotatable bonds is 10. The second kappa shape index (κ2) is 11.4. The minimum Gasteiger partial charge on any atom is -0.478 e. The first-order valence-electron chi connectivity index (χ1n) is 11.2. The summed E-state index contributed by atoms with van der Waals surface area (Å²) in [6.45, 7) is 0.353. The lowest BCUT2D eigenvalue weighted by molar-refractivity contribution is -0.131. The number of carboxylic acids is 1. The molecule has 2 N–H and O–H groups in total. The van der Waals surface area contributed by atoms with Gasteiger partial charge in [-0.05, 0) is 28.6 Å². The van der Waals surface area contributed by atoms with Crippen LogP contribution in [0.15, 0.2) is 116 Å². The van der Waals surface area contributed by atoms with Crippen LogP contribution in [0.2, 0.25) is 0 Å². The van der Waals surface area contributed by atoms with Crippen LogP contribution >= 0.6 is 11.9 Å². The van der Waals surface area contributed by atoms with E-state index >= 15 is 0 Å². The van der Waals surface area contributed by atoms with Crippen molar-refractivity contribution in [2.24, 2.45) is 0 Å². The van der Waals surface area contributed by atoms with Crippen molar-refractivity contribution in [1.29, 1.82) is 0 Å². The van der Waals surface area contributed by atoms with E-state index in [0.717, 1.165) is 34.5 Å². The zero-order valence-corrected chi connectivity index (χ0v) is 19.8. The van der Waals surface area contributed by atoms with Gasteiger partial charge in [0.15, 0.2) is 0 Å². The van der Waals surface area contributed by atoms with Crippen LogP contribution in [0.25, 0.3) is 0 Å². The molecule has 1 heterocycles. The SMILES string of the molecule is O=C(O)/C=C/C(=O)NCCc1cn(SC(c2ccccc2)(c2ccccc2)c2ccccc2)cn1. The third kappa shape index (κ3) is 5.88. The highest BCUT2D eigenvalue weighted by molar-refractivity contribution is 7.99. The standard InChI is InChI=1S/C28H25N3O3S/c32-26(16-17-27(33)34)29-19-18-25-20-31(21-30-25)35-28(22-10-4-1-5-11-22,23-12-6-2-7-13-23)24-14-8-3-9-15-24/h1-17,20-21H,18-19H2,(H,29,32)(H,33,34)/b17-16+. The molecule has 0 unspecified atom stereocenters. The number of imidazole rings is 1. The highest BCUT2D eigenvalue weighted by atomic mass is 32.2. The second-order valence-corrected chi connectivity index (χ2v) is 9.02. The molecule has 1 aromatic heterocycles. The van der Waals surface area contributed by atoms with Gasteiger partial charge in [-0.1, -0.05) is 91.0 Å². The quantitative estimate of drug-likeness (QED) is 0.253. The summed E-state index contributed by atoms with van der Waals surface area (Å²) in [7, 11) is 0. The van der Waals surface area contributed by atoms with Gasteiger partial charge in [-0.2, -0.15) is 0 Å². The van der Waals surface area contributed by atoms with Crippen LogP contribution in [-0.2, 0) is 20.8 Å². The third-order valence-corrected chi connectivity index (χ3v) is 6.85. The first-order valence-corrected chi connectivity index (χ1v) is 11.9. The van der Waals surface area contributed by atoms with Crippen molar-refractivity contribution in [3.05, 3.63) is 138 Å². The monoisotopic (exact) mass is 483 g/mol. The Bertz CT molecular complexity index is 1190. The van der Waals surface area contributed by atoms with Crippen LogP contribution in [-0.4, -0.2) is 32.5 Å². The minimum atomic E-state index is -1.16. The van der Waals surface area contributed by atoms with E-state index in [0.29, 0.717) is 13.0 Å². The number of aliphatic carboxylic acids is 1. The summed E-state index contributed by atoms with van der Waals surface area (Å²) >= 11 is 1.66. The van der Waals surface area contributed by atoms with Gasteiger partial charge >= 0.3 is 5.97 Å². The smallest absolute Gasteiger partial charge is 0.328 e. The first kappa shape index (κ1) is 24.0. The third-order valence-electron chi connectivity index (χ3n) is 5.45. The highest BCUT2D eigenvalue weighted by Crippen LogP contribution is 2.48. The number of carbonyl (C=O) groups is 2. The van der Waals surface area contributed by atoms with Crippen molar-refractivity contribution < 1.29 is 14.7 Å². The first-order chi connectivity index (χ1) is 17.1. The fourth-order valence-corrected chi connectivity index (χ4v) is 5.19. The van der Waals surface area contributed by atoms with Crippen molar-refractivity contribution in [3.8, 4) is 0 Å². The molecule has 0 saturated carbocycles. The summed E-state index contributed by atoms with van der Waals surface area (Å²) in [5.41, 5.74) is 4.27. The zero-order chi connectivity index (χ0) is 24.5. The Kier molecular flexibility index (Phi) is 7.80. The van der Waals surface area contributed by atoms with Crippen LogP contribution in [0.1, 0.15) is 22.4 Å². The van der Waals surface area contributed by atoms with E-state index in [9.17, 15) is 9.59 Å². The average molecular weight is 484 g/mol. The Morgan fingerprint density at radius 2 is 1.37 bits per heavy atom. The normalized spacial score (nSPS) is 11.4. The van der Waals surface area contributed by atoms with Gasteiger partial charge in [-0.3, -0.25) is 8.77 Å². The number of nitrogens with one attached hydrogen (secondary N) is 1. The number of benzene rings is 3. The molecule has 0 saturated heterocycles. The van der Waals surface area contributed by atoms with E-state index in [1.165, 1.54) is 0 Å². The molecule has 0 aliphatic rings. The van der Waals surface area contributed by atoms with E-state index in [1.54, 1.807) is 18.3 Å². The van der Waals surface area contributed by atoms with Crippen molar-refractivity contribution in [2.45, 2.75) is 11.2 Å². The summed E-state index contributed by atoms with van der Waals surface area (Å²) in [6.07, 6.45) is 6.10. The topological polar surface area (TPSA) is 84.2 Å². The second-order valence-electron chi connectivity index (χ2n) is 7.81. The van der Waals surface area contributed by atoms with Crippen molar-refractivity contribution in [1.82, 2.24) is 14.3 Å². The zero-order valence-electron chi connectivity index (χ0n) is 19.0. The van der Waals surface area contributed by atoms with Gasteiger partial charge in [0, 0.05) is 31.3 Å². The molecule has 7 heteroatoms. The summed E-state index contributed by atoms with van der Waals surface area (Å²) in [4.78, 5) is 26.8. The Labute approximate surface area is 208 Å². The Balaban J connectivity index is 1.63. The van der Waals surface area contributed by atoms with E-state index in [-0.39, 0.29) is 0 Å². The number of hydrogen-bond donors (Lipinski definition) is 2. The van der Waals surface area contributed by atoms with Gasteiger partial charge < -0.3 is 10.4 Å². The van der Waals surface area contributed by atoms with Crippen LogP contribution in [0.5, 0.6) is 0 Å². The lowest BCUT2D eigenvalue weighted by atomic mass is 9.84. The van der Waals surface area contributed by atoms with Crippen LogP contribution in [0, 0.1) is 0 Å². The summed E-state index contributed by atoms with van der Waals surface area (Å²) < 4.78 is 1.49. The van der Waals surface area contributed by atoms with Crippen molar-refractivity contribution in [3.63, 3.8) is 0 Å². The van der Waals surface area contributed by atoms with Crippen molar-refractivity contribution in [2.75, 3.05) is 6.54 Å². The summed E-state index contributed by atoms with van der Waals surface area (Å²) in [5, 5.41) is 11.3. The number of carboxylic acid groups (broad SMARTS) is 1. The Hall–Kier alpha value is -4.10. The molecule has 0 atom stereocenters. The molecule has 0 aliphatic heterocycles. The van der Waals surface area contributed by atoms with Gasteiger partial charge in [0.25, 0.3) is 0 Å². The molecule has 6 nitrogen and oxygen atoms in total. The average Bonchev–Trinajstić information content (AvgIpc) is 3.34. The number of hydrogen-bond acceptors (Lipinski definition) is 4. The molecule has 176 valence electrons. The number of nitrogens with zero attached hydrogens (tertiary/aromatic N) is 2. The fourth-order valence-electron chi connectivity index (χ4n) is 3.88. The molecule has 4 rings (SSSR count). The number of amides is 1. The Morgan fingerprint density at radius 1 is 0.857 bits per heavy atom. The molecule has 35 heavy (non-hydrogen) atoms. The molecular formula is C28H25N3O3S. The van der Waals surface area contributed by atoms with E-state index in [2.05, 4.69) is 83.1 Å². The maximum absolute atomic E-state index is 11.7. The van der Waals surface area contributed by atoms with E-state index in [4.69, 9.17) is 5.11 Å². The van der Waals surface area contributed by atoms with Gasteiger partial charge in [0.2, 0.25) is 5.91 Å². The molecule has 3 aromatic carbocycles.